The summed E-state index contributed by atoms with van der Waals surface area (Å²) >= 11 is 1.89. The molecule has 234 valence electrons. The van der Waals surface area contributed by atoms with E-state index < -0.39 is 0 Å². The molecular formula is C48H31NS. The van der Waals surface area contributed by atoms with E-state index in [4.69, 9.17) is 0 Å². The summed E-state index contributed by atoms with van der Waals surface area (Å²) in [6.45, 7) is 0. The predicted octanol–water partition coefficient (Wildman–Crippen LogP) is 14.3. The molecule has 1 nitrogen and oxygen atoms in total. The van der Waals surface area contributed by atoms with Crippen LogP contribution in [-0.4, -0.2) is 0 Å². The lowest BCUT2D eigenvalue weighted by Crippen LogP contribution is -2.09. The van der Waals surface area contributed by atoms with Gasteiger partial charge in [-0.3, -0.25) is 0 Å². The fourth-order valence-electron chi connectivity index (χ4n) is 7.61. The summed E-state index contributed by atoms with van der Waals surface area (Å²) in [6, 6.07) is 68.7. The van der Waals surface area contributed by atoms with E-state index in [2.05, 4.69) is 193 Å². The number of benzene rings is 9. The van der Waals surface area contributed by atoms with Crippen molar-refractivity contribution in [3.8, 4) is 22.3 Å². The van der Waals surface area contributed by atoms with Crippen LogP contribution in [0.5, 0.6) is 0 Å². The molecule has 1 heterocycles. The van der Waals surface area contributed by atoms with Gasteiger partial charge >= 0.3 is 0 Å². The Morgan fingerprint density at radius 3 is 1.42 bits per heavy atom. The van der Waals surface area contributed by atoms with Crippen LogP contribution < -0.4 is 4.90 Å². The van der Waals surface area contributed by atoms with Gasteiger partial charge in [-0.2, -0.15) is 0 Å². The Hall–Kier alpha value is -6.22. The molecule has 0 fully saturated rings. The van der Waals surface area contributed by atoms with Crippen molar-refractivity contribution in [1.29, 1.82) is 0 Å². The fraction of sp³-hybridized carbons (Fsp3) is 0. The van der Waals surface area contributed by atoms with Crippen LogP contribution in [0.3, 0.4) is 0 Å². The topological polar surface area (TPSA) is 3.24 Å². The van der Waals surface area contributed by atoms with Gasteiger partial charge in [0.1, 0.15) is 0 Å². The van der Waals surface area contributed by atoms with Crippen LogP contribution in [-0.2, 0) is 0 Å². The molecule has 0 saturated carbocycles. The Kier molecular flexibility index (Phi) is 6.75. The number of nitrogens with zero attached hydrogens (tertiary/aromatic N) is 1. The van der Waals surface area contributed by atoms with Gasteiger partial charge in [-0.1, -0.05) is 146 Å². The Labute approximate surface area is 294 Å². The van der Waals surface area contributed by atoms with Crippen molar-refractivity contribution in [1.82, 2.24) is 0 Å². The first-order valence-electron chi connectivity index (χ1n) is 17.1. The molecule has 0 spiro atoms. The molecule has 0 saturated heterocycles. The first-order valence-corrected chi connectivity index (χ1v) is 17.9. The van der Waals surface area contributed by atoms with E-state index in [1.54, 1.807) is 0 Å². The zero-order chi connectivity index (χ0) is 33.0. The van der Waals surface area contributed by atoms with Crippen LogP contribution >= 0.6 is 11.3 Å². The summed E-state index contributed by atoms with van der Waals surface area (Å²) in [5.74, 6) is 0. The third kappa shape index (κ3) is 4.76. The molecule has 0 unspecified atom stereocenters. The van der Waals surface area contributed by atoms with Gasteiger partial charge in [-0.15, -0.1) is 11.3 Å². The Bertz CT molecular complexity index is 2730. The molecule has 0 atom stereocenters. The molecule has 0 radical (unpaired) electrons. The maximum absolute atomic E-state index is 2.39. The third-order valence-corrected chi connectivity index (χ3v) is 11.3. The number of thiophene rings is 1. The lowest BCUT2D eigenvalue weighted by Gasteiger charge is -2.26. The summed E-state index contributed by atoms with van der Waals surface area (Å²) in [6.07, 6.45) is 0. The van der Waals surface area contributed by atoms with Crippen molar-refractivity contribution in [2.45, 2.75) is 0 Å². The Morgan fingerprint density at radius 1 is 0.320 bits per heavy atom. The maximum atomic E-state index is 2.39. The molecule has 0 aliphatic rings. The second-order valence-corrected chi connectivity index (χ2v) is 14.0. The molecule has 1 aromatic heterocycles. The molecule has 10 aromatic rings. The smallest absolute Gasteiger partial charge is 0.0468 e. The van der Waals surface area contributed by atoms with Crippen molar-refractivity contribution < 1.29 is 0 Å². The molecule has 0 bridgehead atoms. The van der Waals surface area contributed by atoms with Gasteiger partial charge in [0, 0.05) is 42.6 Å². The average molecular weight is 654 g/mol. The highest BCUT2D eigenvalue weighted by molar-refractivity contribution is 7.26. The van der Waals surface area contributed by atoms with Gasteiger partial charge in [0.05, 0.1) is 0 Å². The molecule has 0 aliphatic heterocycles. The van der Waals surface area contributed by atoms with Gasteiger partial charge in [0.15, 0.2) is 0 Å². The lowest BCUT2D eigenvalue weighted by atomic mass is 9.97. The summed E-state index contributed by atoms with van der Waals surface area (Å²) in [4.78, 5) is 2.39. The predicted molar refractivity (Wildman–Crippen MR) is 217 cm³/mol. The minimum atomic E-state index is 1.12. The zero-order valence-corrected chi connectivity index (χ0v) is 28.1. The second-order valence-electron chi connectivity index (χ2n) is 12.9. The zero-order valence-electron chi connectivity index (χ0n) is 27.3. The highest BCUT2D eigenvalue weighted by atomic mass is 32.1. The summed E-state index contributed by atoms with van der Waals surface area (Å²) in [5, 5.41) is 10.2. The molecule has 50 heavy (non-hydrogen) atoms. The first-order chi connectivity index (χ1) is 24.8. The van der Waals surface area contributed by atoms with Crippen LogP contribution in [0.15, 0.2) is 188 Å². The third-order valence-electron chi connectivity index (χ3n) is 10.1. The molecule has 10 rings (SSSR count). The van der Waals surface area contributed by atoms with Crippen molar-refractivity contribution in [3.63, 3.8) is 0 Å². The van der Waals surface area contributed by atoms with Crippen molar-refractivity contribution >= 4 is 80.9 Å². The highest BCUT2D eigenvalue weighted by Gasteiger charge is 2.16. The van der Waals surface area contributed by atoms with E-state index in [1.807, 2.05) is 11.3 Å². The van der Waals surface area contributed by atoms with Gasteiger partial charge in [0.25, 0.3) is 0 Å². The van der Waals surface area contributed by atoms with E-state index in [0.717, 1.165) is 17.1 Å². The quantitative estimate of drug-likeness (QED) is 0.179. The van der Waals surface area contributed by atoms with E-state index >= 15 is 0 Å². The van der Waals surface area contributed by atoms with E-state index in [-0.39, 0.29) is 0 Å². The molecular weight excluding hydrogens is 623 g/mol. The number of anilines is 3. The van der Waals surface area contributed by atoms with Crippen LogP contribution in [0.4, 0.5) is 17.1 Å². The number of fused-ring (bicyclic) bond motifs is 7. The Morgan fingerprint density at radius 2 is 0.800 bits per heavy atom. The second kappa shape index (κ2) is 11.7. The monoisotopic (exact) mass is 653 g/mol. The van der Waals surface area contributed by atoms with Gasteiger partial charge in [-0.05, 0) is 91.6 Å². The minimum absolute atomic E-state index is 1.12. The normalized spacial score (nSPS) is 11.6. The fourth-order valence-corrected chi connectivity index (χ4v) is 8.84. The molecule has 0 aliphatic carbocycles. The molecule has 2 heteroatoms. The number of hydrogen-bond donors (Lipinski definition) is 0. The summed E-state index contributed by atoms with van der Waals surface area (Å²) in [5.41, 5.74) is 8.30. The maximum Gasteiger partial charge on any atom is 0.0468 e. The van der Waals surface area contributed by atoms with E-state index in [1.165, 1.54) is 74.7 Å². The van der Waals surface area contributed by atoms with Crippen molar-refractivity contribution in [2.75, 3.05) is 4.90 Å². The van der Waals surface area contributed by atoms with Crippen molar-refractivity contribution in [2.24, 2.45) is 0 Å². The first kappa shape index (κ1) is 28.8. The van der Waals surface area contributed by atoms with Crippen LogP contribution in [0.1, 0.15) is 0 Å². The molecule has 0 N–H and O–H groups in total. The summed E-state index contributed by atoms with van der Waals surface area (Å²) < 4.78 is 2.66. The minimum Gasteiger partial charge on any atom is -0.310 e. The van der Waals surface area contributed by atoms with E-state index in [9.17, 15) is 0 Å². The lowest BCUT2D eigenvalue weighted by molar-refractivity contribution is 1.29. The largest absolute Gasteiger partial charge is 0.310 e. The van der Waals surface area contributed by atoms with Crippen LogP contribution in [0.25, 0.3) is 74.7 Å². The average Bonchev–Trinajstić information content (AvgIpc) is 3.58. The van der Waals surface area contributed by atoms with Crippen LogP contribution in [0.2, 0.25) is 0 Å². The summed E-state index contributed by atoms with van der Waals surface area (Å²) in [7, 11) is 0. The van der Waals surface area contributed by atoms with Gasteiger partial charge in [-0.25, -0.2) is 0 Å². The highest BCUT2D eigenvalue weighted by Crippen LogP contribution is 2.43. The standard InChI is InChI=1S/C48H31NS/c1-3-13-40-32(9-1)11-7-16-42(40)34-19-25-37(26-20-34)49(38-27-21-35(22-28-38)43-17-8-12-33-10-2-4-14-41(33)43)39-29-23-36-24-30-45-44-15-5-6-18-47(44)50-48(45)46(36)31-39/h1-31H. The SMILES string of the molecule is c1ccc2c(-c3ccc(N(c4ccc(-c5cccc6ccccc56)cc4)c4ccc5ccc6c7ccccc7sc6c5c4)cc3)cccc2c1. The molecule has 9 aromatic carbocycles. The molecule has 0 amide bonds. The van der Waals surface area contributed by atoms with Crippen LogP contribution in [0, 0.1) is 0 Å². The number of rotatable bonds is 5. The van der Waals surface area contributed by atoms with Crippen molar-refractivity contribution in [3.05, 3.63) is 188 Å². The van der Waals surface area contributed by atoms with E-state index in [0.29, 0.717) is 0 Å². The van der Waals surface area contributed by atoms with Gasteiger partial charge in [0.2, 0.25) is 0 Å². The Balaban J connectivity index is 1.13. The number of hydrogen-bond acceptors (Lipinski definition) is 2. The van der Waals surface area contributed by atoms with Gasteiger partial charge < -0.3 is 4.90 Å².